The van der Waals surface area contributed by atoms with Crippen molar-refractivity contribution in [1.29, 1.82) is 0 Å². The SMILES string of the molecule is CC(C(=O)NC1CCCCC1)n1cnc2c1CCCC2. The third kappa shape index (κ3) is 2.74. The number of rotatable bonds is 3. The van der Waals surface area contributed by atoms with Crippen molar-refractivity contribution in [2.45, 2.75) is 76.8 Å². The van der Waals surface area contributed by atoms with Gasteiger partial charge in [0, 0.05) is 11.7 Å². The molecule has 20 heavy (non-hydrogen) atoms. The third-order valence-electron chi connectivity index (χ3n) is 4.81. The van der Waals surface area contributed by atoms with Gasteiger partial charge in [0.1, 0.15) is 6.04 Å². The molecule has 1 heterocycles. The van der Waals surface area contributed by atoms with E-state index in [1.54, 1.807) is 0 Å². The van der Waals surface area contributed by atoms with Crippen LogP contribution in [0.1, 0.15) is 69.3 Å². The maximum Gasteiger partial charge on any atom is 0.243 e. The van der Waals surface area contributed by atoms with Crippen LogP contribution in [0.4, 0.5) is 0 Å². The number of carbonyl (C=O) groups excluding carboxylic acids is 1. The summed E-state index contributed by atoms with van der Waals surface area (Å²) in [6.45, 7) is 1.99. The standard InChI is InChI=1S/C16H25N3O/c1-12(16(20)18-13-7-3-2-4-8-13)19-11-17-14-9-5-6-10-15(14)19/h11-13H,2-10H2,1H3,(H,18,20). The molecule has 0 aromatic carbocycles. The number of nitrogens with zero attached hydrogens (tertiary/aromatic N) is 2. The summed E-state index contributed by atoms with van der Waals surface area (Å²) in [5.74, 6) is 0.155. The highest BCUT2D eigenvalue weighted by Gasteiger charge is 2.24. The Morgan fingerprint density at radius 3 is 2.80 bits per heavy atom. The summed E-state index contributed by atoms with van der Waals surface area (Å²) in [5.41, 5.74) is 2.48. The molecule has 1 saturated carbocycles. The van der Waals surface area contributed by atoms with Gasteiger partial charge in [0.2, 0.25) is 5.91 Å². The highest BCUT2D eigenvalue weighted by molar-refractivity contribution is 5.80. The van der Waals surface area contributed by atoms with Gasteiger partial charge in [0.15, 0.2) is 0 Å². The van der Waals surface area contributed by atoms with Gasteiger partial charge in [-0.2, -0.15) is 0 Å². The molecule has 0 saturated heterocycles. The minimum absolute atomic E-state index is 0.133. The van der Waals surface area contributed by atoms with E-state index in [-0.39, 0.29) is 11.9 Å². The van der Waals surface area contributed by atoms with Crippen molar-refractivity contribution in [3.63, 3.8) is 0 Å². The lowest BCUT2D eigenvalue weighted by atomic mass is 9.95. The van der Waals surface area contributed by atoms with E-state index in [0.717, 1.165) is 25.7 Å². The monoisotopic (exact) mass is 275 g/mol. The predicted octanol–water partition coefficient (Wildman–Crippen LogP) is 2.77. The molecule has 1 N–H and O–H groups in total. The molecule has 4 heteroatoms. The van der Waals surface area contributed by atoms with Crippen LogP contribution in [0.25, 0.3) is 0 Å². The molecule has 0 radical (unpaired) electrons. The van der Waals surface area contributed by atoms with Crippen molar-refractivity contribution in [3.8, 4) is 0 Å². The largest absolute Gasteiger partial charge is 0.352 e. The molecular formula is C16H25N3O. The van der Waals surface area contributed by atoms with E-state index in [9.17, 15) is 4.79 Å². The number of imidazole rings is 1. The smallest absolute Gasteiger partial charge is 0.243 e. The second kappa shape index (κ2) is 5.98. The fraction of sp³-hybridized carbons (Fsp3) is 0.750. The Morgan fingerprint density at radius 1 is 1.25 bits per heavy atom. The maximum absolute atomic E-state index is 12.4. The molecule has 0 bridgehead atoms. The average molecular weight is 275 g/mol. The van der Waals surface area contributed by atoms with E-state index in [0.29, 0.717) is 6.04 Å². The van der Waals surface area contributed by atoms with Crippen molar-refractivity contribution >= 4 is 5.91 Å². The lowest BCUT2D eigenvalue weighted by Crippen LogP contribution is -2.40. The van der Waals surface area contributed by atoms with Gasteiger partial charge in [-0.3, -0.25) is 4.79 Å². The number of fused-ring (bicyclic) bond motifs is 1. The zero-order chi connectivity index (χ0) is 13.9. The molecule has 0 spiro atoms. The van der Waals surface area contributed by atoms with Crippen molar-refractivity contribution in [2.75, 3.05) is 0 Å². The normalized spacial score (nSPS) is 21.2. The lowest BCUT2D eigenvalue weighted by molar-refractivity contribution is -0.124. The summed E-state index contributed by atoms with van der Waals surface area (Å²) in [7, 11) is 0. The number of carbonyl (C=O) groups is 1. The maximum atomic E-state index is 12.4. The van der Waals surface area contributed by atoms with Gasteiger partial charge < -0.3 is 9.88 Å². The number of aromatic nitrogens is 2. The van der Waals surface area contributed by atoms with E-state index >= 15 is 0 Å². The van der Waals surface area contributed by atoms with E-state index in [1.165, 1.54) is 43.5 Å². The predicted molar refractivity (Wildman–Crippen MR) is 78.6 cm³/mol. The van der Waals surface area contributed by atoms with Gasteiger partial charge in [0.25, 0.3) is 0 Å². The van der Waals surface area contributed by atoms with Crippen LogP contribution in [-0.4, -0.2) is 21.5 Å². The van der Waals surface area contributed by atoms with Crippen LogP contribution < -0.4 is 5.32 Å². The fourth-order valence-corrected chi connectivity index (χ4v) is 3.52. The molecule has 2 aliphatic rings. The van der Waals surface area contributed by atoms with E-state index < -0.39 is 0 Å². The van der Waals surface area contributed by atoms with Gasteiger partial charge >= 0.3 is 0 Å². The minimum Gasteiger partial charge on any atom is -0.352 e. The van der Waals surface area contributed by atoms with Crippen LogP contribution in [0.15, 0.2) is 6.33 Å². The van der Waals surface area contributed by atoms with Gasteiger partial charge in [-0.05, 0) is 45.4 Å². The molecule has 0 aliphatic heterocycles. The van der Waals surface area contributed by atoms with Crippen LogP contribution in [0.3, 0.4) is 0 Å². The van der Waals surface area contributed by atoms with Gasteiger partial charge in [-0.1, -0.05) is 19.3 Å². The minimum atomic E-state index is -0.133. The average Bonchev–Trinajstić information content (AvgIpc) is 2.91. The van der Waals surface area contributed by atoms with Crippen molar-refractivity contribution in [2.24, 2.45) is 0 Å². The quantitative estimate of drug-likeness (QED) is 0.922. The Hall–Kier alpha value is -1.32. The van der Waals surface area contributed by atoms with Crippen molar-refractivity contribution < 1.29 is 4.79 Å². The molecular weight excluding hydrogens is 250 g/mol. The lowest BCUT2D eigenvalue weighted by Gasteiger charge is -2.25. The summed E-state index contributed by atoms with van der Waals surface area (Å²) in [6, 6.07) is 0.254. The first-order chi connectivity index (χ1) is 9.75. The summed E-state index contributed by atoms with van der Waals surface area (Å²) >= 11 is 0. The molecule has 1 unspecified atom stereocenters. The first kappa shape index (κ1) is 13.7. The number of hydrogen-bond donors (Lipinski definition) is 1. The van der Waals surface area contributed by atoms with Crippen molar-refractivity contribution in [1.82, 2.24) is 14.9 Å². The summed E-state index contributed by atoms with van der Waals surface area (Å²) in [4.78, 5) is 16.9. The van der Waals surface area contributed by atoms with Crippen LogP contribution in [0.2, 0.25) is 0 Å². The second-order valence-corrected chi connectivity index (χ2v) is 6.27. The molecule has 1 fully saturated rings. The van der Waals surface area contributed by atoms with E-state index in [1.807, 2.05) is 13.3 Å². The third-order valence-corrected chi connectivity index (χ3v) is 4.81. The second-order valence-electron chi connectivity index (χ2n) is 6.27. The molecule has 3 rings (SSSR count). The highest BCUT2D eigenvalue weighted by Crippen LogP contribution is 2.24. The molecule has 1 amide bonds. The Balaban J connectivity index is 1.66. The van der Waals surface area contributed by atoms with Crippen LogP contribution in [0, 0.1) is 0 Å². The van der Waals surface area contributed by atoms with E-state index in [4.69, 9.17) is 0 Å². The fourth-order valence-electron chi connectivity index (χ4n) is 3.52. The number of nitrogens with one attached hydrogen (secondary N) is 1. The summed E-state index contributed by atoms with van der Waals surface area (Å²) in [6.07, 6.45) is 12.5. The van der Waals surface area contributed by atoms with Gasteiger partial charge in [0.05, 0.1) is 12.0 Å². The zero-order valence-electron chi connectivity index (χ0n) is 12.4. The molecule has 1 aromatic heterocycles. The highest BCUT2D eigenvalue weighted by atomic mass is 16.2. The summed E-state index contributed by atoms with van der Waals surface area (Å²) < 4.78 is 2.09. The first-order valence-electron chi connectivity index (χ1n) is 8.10. The molecule has 2 aliphatic carbocycles. The zero-order valence-corrected chi connectivity index (χ0v) is 12.4. The van der Waals surface area contributed by atoms with Gasteiger partial charge in [-0.25, -0.2) is 4.98 Å². The number of hydrogen-bond acceptors (Lipinski definition) is 2. The first-order valence-corrected chi connectivity index (χ1v) is 8.10. The number of aryl methyl sites for hydroxylation is 1. The topological polar surface area (TPSA) is 46.9 Å². The van der Waals surface area contributed by atoms with Crippen molar-refractivity contribution in [3.05, 3.63) is 17.7 Å². The van der Waals surface area contributed by atoms with Crippen LogP contribution in [0.5, 0.6) is 0 Å². The van der Waals surface area contributed by atoms with Crippen LogP contribution in [-0.2, 0) is 17.6 Å². The Bertz CT molecular complexity index is 474. The molecule has 1 aromatic rings. The Labute approximate surface area is 121 Å². The van der Waals surface area contributed by atoms with Gasteiger partial charge in [-0.15, -0.1) is 0 Å². The summed E-state index contributed by atoms with van der Waals surface area (Å²) in [5, 5.41) is 3.23. The van der Waals surface area contributed by atoms with Crippen LogP contribution >= 0.6 is 0 Å². The van der Waals surface area contributed by atoms with E-state index in [2.05, 4.69) is 14.9 Å². The molecule has 1 atom stereocenters. The molecule has 4 nitrogen and oxygen atoms in total. The Kier molecular flexibility index (Phi) is 4.08. The Morgan fingerprint density at radius 2 is 2.00 bits per heavy atom. The molecule has 110 valence electrons. The number of amides is 1.